The van der Waals surface area contributed by atoms with Crippen LogP contribution in [0.4, 0.5) is 0 Å². The van der Waals surface area contributed by atoms with Crippen LogP contribution in [0.25, 0.3) is 0 Å². The first kappa shape index (κ1) is 7.80. The van der Waals surface area contributed by atoms with Crippen LogP contribution in [-0.2, 0) is 6.42 Å². The molecule has 1 aromatic rings. The lowest BCUT2D eigenvalue weighted by molar-refractivity contribution is 0.780. The molecule has 1 rings (SSSR count). The standard InChI is InChI=1S/C8H11N3/c1-2-3-4-8-5-11(6-9)7-10-8/h5,7H,2-4H2,1H3. The Balaban J connectivity index is 2.53. The van der Waals surface area contributed by atoms with Gasteiger partial charge in [0.15, 0.2) is 6.19 Å². The summed E-state index contributed by atoms with van der Waals surface area (Å²) in [6, 6.07) is 0. The van der Waals surface area contributed by atoms with E-state index in [1.165, 1.54) is 11.0 Å². The summed E-state index contributed by atoms with van der Waals surface area (Å²) in [5.41, 5.74) is 1.01. The number of imidazole rings is 1. The third kappa shape index (κ3) is 2.08. The second-order valence-electron chi connectivity index (χ2n) is 2.48. The van der Waals surface area contributed by atoms with Crippen molar-refractivity contribution in [1.82, 2.24) is 9.55 Å². The Bertz CT molecular complexity index is 257. The van der Waals surface area contributed by atoms with E-state index in [9.17, 15) is 0 Å². The normalized spacial score (nSPS) is 9.45. The van der Waals surface area contributed by atoms with Gasteiger partial charge in [0.2, 0.25) is 0 Å². The number of rotatable bonds is 3. The first-order valence-electron chi connectivity index (χ1n) is 3.79. The van der Waals surface area contributed by atoms with Crippen LogP contribution in [0.2, 0.25) is 0 Å². The summed E-state index contributed by atoms with van der Waals surface area (Å²) in [6.45, 7) is 2.14. The van der Waals surface area contributed by atoms with Gasteiger partial charge in [0, 0.05) is 6.20 Å². The van der Waals surface area contributed by atoms with Gasteiger partial charge in [-0.2, -0.15) is 5.26 Å². The molecule has 11 heavy (non-hydrogen) atoms. The van der Waals surface area contributed by atoms with E-state index >= 15 is 0 Å². The third-order valence-corrected chi connectivity index (χ3v) is 1.54. The monoisotopic (exact) mass is 149 g/mol. The van der Waals surface area contributed by atoms with Crippen molar-refractivity contribution in [3.05, 3.63) is 18.2 Å². The molecule has 0 radical (unpaired) electrons. The van der Waals surface area contributed by atoms with Crippen LogP contribution in [-0.4, -0.2) is 9.55 Å². The van der Waals surface area contributed by atoms with Crippen LogP contribution >= 0.6 is 0 Å². The molecule has 0 bridgehead atoms. The van der Waals surface area contributed by atoms with Crippen molar-refractivity contribution in [2.45, 2.75) is 26.2 Å². The minimum absolute atomic E-state index is 0.977. The zero-order valence-electron chi connectivity index (χ0n) is 6.62. The highest BCUT2D eigenvalue weighted by molar-refractivity contribution is 5.01. The van der Waals surface area contributed by atoms with Gasteiger partial charge in [-0.1, -0.05) is 13.3 Å². The van der Waals surface area contributed by atoms with Gasteiger partial charge in [-0.25, -0.2) is 9.55 Å². The molecule has 3 heteroatoms. The Kier molecular flexibility index (Phi) is 2.67. The summed E-state index contributed by atoms with van der Waals surface area (Å²) >= 11 is 0. The number of nitrogens with zero attached hydrogens (tertiary/aromatic N) is 3. The van der Waals surface area contributed by atoms with E-state index < -0.39 is 0 Å². The molecule has 1 aromatic heterocycles. The smallest absolute Gasteiger partial charge is 0.189 e. The molecule has 0 amide bonds. The fourth-order valence-corrected chi connectivity index (χ4v) is 0.905. The number of aromatic nitrogens is 2. The van der Waals surface area contributed by atoms with Gasteiger partial charge in [-0.05, 0) is 12.8 Å². The minimum Gasteiger partial charge on any atom is -0.243 e. The summed E-state index contributed by atoms with van der Waals surface area (Å²) in [7, 11) is 0. The van der Waals surface area contributed by atoms with E-state index in [1.54, 1.807) is 12.5 Å². The minimum atomic E-state index is 0.977. The summed E-state index contributed by atoms with van der Waals surface area (Å²) < 4.78 is 1.42. The first-order valence-corrected chi connectivity index (χ1v) is 3.79. The zero-order chi connectivity index (χ0) is 8.10. The van der Waals surface area contributed by atoms with Gasteiger partial charge in [-0.15, -0.1) is 0 Å². The highest BCUT2D eigenvalue weighted by Gasteiger charge is 1.95. The Hall–Kier alpha value is -1.30. The number of unbranched alkanes of at least 4 members (excludes halogenated alkanes) is 1. The molecule has 0 aliphatic rings. The average Bonchev–Trinajstić information content (AvgIpc) is 2.48. The summed E-state index contributed by atoms with van der Waals surface area (Å²) in [4.78, 5) is 4.06. The van der Waals surface area contributed by atoms with Crippen LogP contribution in [0, 0.1) is 11.5 Å². The Labute approximate surface area is 66.3 Å². The number of hydrogen-bond donors (Lipinski definition) is 0. The third-order valence-electron chi connectivity index (χ3n) is 1.54. The van der Waals surface area contributed by atoms with Crippen molar-refractivity contribution in [3.63, 3.8) is 0 Å². The Morgan fingerprint density at radius 1 is 1.73 bits per heavy atom. The van der Waals surface area contributed by atoms with Gasteiger partial charge in [-0.3, -0.25) is 0 Å². The van der Waals surface area contributed by atoms with Crippen molar-refractivity contribution in [2.75, 3.05) is 0 Å². The Morgan fingerprint density at radius 3 is 3.09 bits per heavy atom. The maximum absolute atomic E-state index is 8.45. The van der Waals surface area contributed by atoms with Crippen LogP contribution in [0.3, 0.4) is 0 Å². The maximum atomic E-state index is 8.45. The molecular weight excluding hydrogens is 138 g/mol. The second kappa shape index (κ2) is 3.77. The zero-order valence-corrected chi connectivity index (χ0v) is 6.62. The van der Waals surface area contributed by atoms with Crippen molar-refractivity contribution in [1.29, 1.82) is 5.26 Å². The lowest BCUT2D eigenvalue weighted by atomic mass is 10.2. The predicted octanol–water partition coefficient (Wildman–Crippen LogP) is 1.55. The average molecular weight is 149 g/mol. The van der Waals surface area contributed by atoms with Gasteiger partial charge < -0.3 is 0 Å². The van der Waals surface area contributed by atoms with E-state index in [2.05, 4.69) is 11.9 Å². The molecule has 0 fully saturated rings. The number of nitriles is 1. The lowest BCUT2D eigenvalue weighted by Crippen LogP contribution is -1.83. The van der Waals surface area contributed by atoms with E-state index in [-0.39, 0.29) is 0 Å². The summed E-state index contributed by atoms with van der Waals surface area (Å²) in [5, 5.41) is 8.45. The maximum Gasteiger partial charge on any atom is 0.189 e. The van der Waals surface area contributed by atoms with E-state index in [0.29, 0.717) is 0 Å². The fourth-order valence-electron chi connectivity index (χ4n) is 0.905. The molecule has 0 aliphatic carbocycles. The largest absolute Gasteiger partial charge is 0.243 e. The molecule has 3 nitrogen and oxygen atoms in total. The molecule has 0 aromatic carbocycles. The molecular formula is C8H11N3. The van der Waals surface area contributed by atoms with E-state index in [0.717, 1.165) is 18.5 Å². The second-order valence-corrected chi connectivity index (χ2v) is 2.48. The van der Waals surface area contributed by atoms with Crippen LogP contribution in [0.15, 0.2) is 12.5 Å². The highest BCUT2D eigenvalue weighted by Crippen LogP contribution is 2.00. The topological polar surface area (TPSA) is 41.6 Å². The molecule has 0 unspecified atom stereocenters. The molecule has 1 heterocycles. The molecule has 0 aliphatic heterocycles. The van der Waals surface area contributed by atoms with Crippen molar-refractivity contribution < 1.29 is 0 Å². The molecule has 0 spiro atoms. The van der Waals surface area contributed by atoms with Gasteiger partial charge in [0.1, 0.15) is 6.33 Å². The highest BCUT2D eigenvalue weighted by atomic mass is 15.0. The van der Waals surface area contributed by atoms with Crippen LogP contribution in [0.1, 0.15) is 25.5 Å². The summed E-state index contributed by atoms with van der Waals surface area (Å²) in [5.74, 6) is 0. The SMILES string of the molecule is CCCCc1cn(C#N)cn1. The number of hydrogen-bond acceptors (Lipinski definition) is 2. The van der Waals surface area contributed by atoms with Gasteiger partial charge >= 0.3 is 0 Å². The Morgan fingerprint density at radius 2 is 2.55 bits per heavy atom. The molecule has 0 saturated carbocycles. The molecule has 0 atom stereocenters. The van der Waals surface area contributed by atoms with E-state index in [1.807, 2.05) is 6.19 Å². The summed E-state index contributed by atoms with van der Waals surface area (Å²) in [6.07, 6.45) is 8.58. The quantitative estimate of drug-likeness (QED) is 0.654. The molecule has 0 saturated heterocycles. The van der Waals surface area contributed by atoms with Crippen molar-refractivity contribution >= 4 is 0 Å². The van der Waals surface area contributed by atoms with Crippen LogP contribution < -0.4 is 0 Å². The van der Waals surface area contributed by atoms with E-state index in [4.69, 9.17) is 5.26 Å². The van der Waals surface area contributed by atoms with Crippen LogP contribution in [0.5, 0.6) is 0 Å². The first-order chi connectivity index (χ1) is 5.36. The predicted molar refractivity (Wildman–Crippen MR) is 41.9 cm³/mol. The fraction of sp³-hybridized carbons (Fsp3) is 0.500. The molecule has 0 N–H and O–H groups in total. The lowest BCUT2D eigenvalue weighted by Gasteiger charge is -1.89. The van der Waals surface area contributed by atoms with Gasteiger partial charge in [0.25, 0.3) is 0 Å². The van der Waals surface area contributed by atoms with Crippen molar-refractivity contribution in [2.24, 2.45) is 0 Å². The van der Waals surface area contributed by atoms with Crippen molar-refractivity contribution in [3.8, 4) is 6.19 Å². The number of aryl methyl sites for hydroxylation is 1. The molecule has 58 valence electrons. The van der Waals surface area contributed by atoms with Gasteiger partial charge in [0.05, 0.1) is 5.69 Å².